The lowest BCUT2D eigenvalue weighted by Crippen LogP contribution is -2.41. The molecule has 0 aliphatic carbocycles. The van der Waals surface area contributed by atoms with E-state index in [1.54, 1.807) is 43.9 Å². The van der Waals surface area contributed by atoms with Gasteiger partial charge in [0.2, 0.25) is 5.82 Å². The number of rotatable bonds is 9. The van der Waals surface area contributed by atoms with Crippen molar-refractivity contribution in [1.82, 2.24) is 15.3 Å². The van der Waals surface area contributed by atoms with Gasteiger partial charge in [0.1, 0.15) is 17.2 Å². The smallest absolute Gasteiger partial charge is 0.444 e. The van der Waals surface area contributed by atoms with Gasteiger partial charge in [0.05, 0.1) is 17.7 Å². The van der Waals surface area contributed by atoms with E-state index in [-0.39, 0.29) is 23.3 Å². The monoisotopic (exact) mass is 600 g/mol. The summed E-state index contributed by atoms with van der Waals surface area (Å²) in [5.74, 6) is -0.758. The second-order valence-corrected chi connectivity index (χ2v) is 12.2. The number of piperidine rings is 1. The van der Waals surface area contributed by atoms with E-state index in [1.807, 2.05) is 17.0 Å². The molecule has 9 nitrogen and oxygen atoms in total. The van der Waals surface area contributed by atoms with Crippen LogP contribution in [0, 0.1) is 17.2 Å². The summed E-state index contributed by atoms with van der Waals surface area (Å²) < 4.78 is 46.9. The molecule has 1 aromatic heterocycles. The molecule has 12 heteroatoms. The first-order chi connectivity index (χ1) is 20.3. The number of carbonyl (C=O) groups is 2. The molecule has 43 heavy (non-hydrogen) atoms. The summed E-state index contributed by atoms with van der Waals surface area (Å²) >= 11 is 0. The zero-order valence-electron chi connectivity index (χ0n) is 24.9. The van der Waals surface area contributed by atoms with Crippen LogP contribution >= 0.6 is 0 Å². The molecular formula is C31H39F3N6O3. The van der Waals surface area contributed by atoms with Crippen molar-refractivity contribution in [3.05, 3.63) is 47.3 Å². The van der Waals surface area contributed by atoms with Gasteiger partial charge in [0, 0.05) is 38.7 Å². The predicted octanol–water partition coefficient (Wildman–Crippen LogP) is 5.67. The molecule has 232 valence electrons. The van der Waals surface area contributed by atoms with Gasteiger partial charge in [-0.15, -0.1) is 0 Å². The van der Waals surface area contributed by atoms with Crippen LogP contribution in [-0.4, -0.2) is 59.7 Å². The number of alkyl halides is 3. The van der Waals surface area contributed by atoms with E-state index in [9.17, 15) is 22.8 Å². The van der Waals surface area contributed by atoms with Crippen LogP contribution < -0.4 is 15.1 Å². The van der Waals surface area contributed by atoms with Gasteiger partial charge in [0.15, 0.2) is 5.78 Å². The SMILES string of the molecule is CC(C)(C)OC(=O)NCC1CCN(c2cc(N3CCC[C@H]3C(=O)CCCc3ccc(C#N)cc3)nc(C(F)(F)F)n2)CC1. The van der Waals surface area contributed by atoms with Crippen LogP contribution in [0.4, 0.5) is 29.6 Å². The molecule has 2 aliphatic rings. The van der Waals surface area contributed by atoms with Crippen LogP contribution in [0.1, 0.15) is 76.2 Å². The van der Waals surface area contributed by atoms with Gasteiger partial charge in [-0.25, -0.2) is 14.8 Å². The molecule has 0 radical (unpaired) electrons. The highest BCUT2D eigenvalue weighted by molar-refractivity contribution is 5.87. The van der Waals surface area contributed by atoms with Crippen LogP contribution in [0.5, 0.6) is 0 Å². The molecule has 4 rings (SSSR count). The van der Waals surface area contributed by atoms with Crippen LogP contribution in [0.3, 0.4) is 0 Å². The van der Waals surface area contributed by atoms with E-state index in [0.717, 1.165) is 5.56 Å². The standard InChI is InChI=1S/C31H39F3N6O3/c1-30(2,3)43-29(42)36-20-23-13-16-39(17-14-23)26-18-27(38-28(37-26)31(32,33)34)40-15-5-7-24(40)25(41)8-4-6-21-9-11-22(19-35)12-10-21/h9-12,18,23-24H,4-8,13-17,20H2,1-3H3,(H,36,42)/t24-/m0/s1. The number of carbonyl (C=O) groups excluding carboxylic acids is 2. The first-order valence-corrected chi connectivity index (χ1v) is 14.8. The molecule has 1 atom stereocenters. The van der Waals surface area contributed by atoms with E-state index in [1.165, 1.54) is 0 Å². The Labute approximate surface area is 250 Å². The Bertz CT molecular complexity index is 1310. The molecule has 1 aromatic carbocycles. The second kappa shape index (κ2) is 13.6. The van der Waals surface area contributed by atoms with Gasteiger partial charge in [0.25, 0.3) is 0 Å². The number of benzene rings is 1. The van der Waals surface area contributed by atoms with E-state index in [0.29, 0.717) is 76.7 Å². The summed E-state index contributed by atoms with van der Waals surface area (Å²) in [6.07, 6.45) is -1.07. The van der Waals surface area contributed by atoms with Gasteiger partial charge >= 0.3 is 12.3 Å². The third-order valence-electron chi connectivity index (χ3n) is 7.72. The number of ketones is 1. The third kappa shape index (κ3) is 9.05. The van der Waals surface area contributed by atoms with Gasteiger partial charge < -0.3 is 19.9 Å². The van der Waals surface area contributed by atoms with Crippen molar-refractivity contribution in [1.29, 1.82) is 5.26 Å². The quantitative estimate of drug-likeness (QED) is 0.392. The Morgan fingerprint density at radius 3 is 2.35 bits per heavy atom. The van der Waals surface area contributed by atoms with Gasteiger partial charge in [-0.3, -0.25) is 4.79 Å². The summed E-state index contributed by atoms with van der Waals surface area (Å²) in [6, 6.07) is 10.3. The number of hydrogen-bond donors (Lipinski definition) is 1. The van der Waals surface area contributed by atoms with Crippen molar-refractivity contribution < 1.29 is 27.5 Å². The number of anilines is 2. The molecule has 2 aromatic rings. The van der Waals surface area contributed by atoms with Crippen molar-refractivity contribution >= 4 is 23.5 Å². The van der Waals surface area contributed by atoms with Crippen molar-refractivity contribution in [2.45, 2.75) is 83.5 Å². The normalized spacial score (nSPS) is 17.9. The fourth-order valence-electron chi connectivity index (χ4n) is 5.52. The maximum atomic E-state index is 13.9. The van der Waals surface area contributed by atoms with Crippen molar-refractivity contribution in [3.63, 3.8) is 0 Å². The highest BCUT2D eigenvalue weighted by Crippen LogP contribution is 2.34. The summed E-state index contributed by atoms with van der Waals surface area (Å²) in [5.41, 5.74) is 0.998. The number of halogens is 3. The number of amides is 1. The zero-order chi connectivity index (χ0) is 31.2. The number of hydrogen-bond acceptors (Lipinski definition) is 8. The van der Waals surface area contributed by atoms with Crippen LogP contribution in [0.25, 0.3) is 0 Å². The Morgan fingerprint density at radius 1 is 1.05 bits per heavy atom. The van der Waals surface area contributed by atoms with E-state index in [4.69, 9.17) is 10.00 Å². The molecule has 1 amide bonds. The second-order valence-electron chi connectivity index (χ2n) is 12.2. The number of Topliss-reactive ketones (excluding diaryl/α,β-unsaturated/α-hetero) is 1. The Balaban J connectivity index is 1.40. The Morgan fingerprint density at radius 2 is 1.72 bits per heavy atom. The number of aryl methyl sites for hydroxylation is 1. The van der Waals surface area contributed by atoms with E-state index < -0.39 is 29.7 Å². The number of aromatic nitrogens is 2. The minimum absolute atomic E-state index is 0.0156. The maximum absolute atomic E-state index is 13.9. The molecule has 1 N–H and O–H groups in total. The highest BCUT2D eigenvalue weighted by atomic mass is 19.4. The maximum Gasteiger partial charge on any atom is 0.451 e. The number of alkyl carbamates (subject to hydrolysis) is 1. The van der Waals surface area contributed by atoms with Crippen molar-refractivity contribution in [3.8, 4) is 6.07 Å². The topological polar surface area (TPSA) is 111 Å². The average molecular weight is 601 g/mol. The molecular weight excluding hydrogens is 561 g/mol. The first-order valence-electron chi connectivity index (χ1n) is 14.8. The highest BCUT2D eigenvalue weighted by Gasteiger charge is 2.38. The molecule has 2 aliphatic heterocycles. The van der Waals surface area contributed by atoms with Gasteiger partial charge in [-0.05, 0) is 82.9 Å². The van der Waals surface area contributed by atoms with E-state index >= 15 is 0 Å². The van der Waals surface area contributed by atoms with E-state index in [2.05, 4.69) is 21.4 Å². The minimum atomic E-state index is -4.74. The summed E-state index contributed by atoms with van der Waals surface area (Å²) in [7, 11) is 0. The molecule has 2 fully saturated rings. The van der Waals surface area contributed by atoms with Crippen molar-refractivity contribution in [2.24, 2.45) is 5.92 Å². The summed E-state index contributed by atoms with van der Waals surface area (Å²) in [4.78, 5) is 36.5. The number of nitrogens with one attached hydrogen (secondary N) is 1. The fraction of sp³-hybridized carbons (Fsp3) is 0.581. The molecule has 0 saturated carbocycles. The van der Waals surface area contributed by atoms with Crippen molar-refractivity contribution in [2.75, 3.05) is 36.0 Å². The predicted molar refractivity (Wildman–Crippen MR) is 156 cm³/mol. The molecule has 0 bridgehead atoms. The molecule has 3 heterocycles. The average Bonchev–Trinajstić information content (AvgIpc) is 3.45. The van der Waals surface area contributed by atoms with Gasteiger partial charge in [-0.1, -0.05) is 12.1 Å². The Hall–Kier alpha value is -3.88. The zero-order valence-corrected chi connectivity index (χ0v) is 24.9. The number of nitrogens with zero attached hydrogens (tertiary/aromatic N) is 5. The fourth-order valence-corrected chi connectivity index (χ4v) is 5.52. The molecule has 0 spiro atoms. The number of nitriles is 1. The Kier molecular flexibility index (Phi) is 10.1. The first kappa shape index (κ1) is 32.0. The summed E-state index contributed by atoms with van der Waals surface area (Å²) in [5, 5.41) is 11.7. The third-order valence-corrected chi connectivity index (χ3v) is 7.72. The van der Waals surface area contributed by atoms with Crippen LogP contribution in [0.2, 0.25) is 0 Å². The van der Waals surface area contributed by atoms with Crippen LogP contribution in [-0.2, 0) is 22.1 Å². The largest absolute Gasteiger partial charge is 0.451 e. The van der Waals surface area contributed by atoms with Gasteiger partial charge in [-0.2, -0.15) is 18.4 Å². The molecule has 0 unspecified atom stereocenters. The lowest BCUT2D eigenvalue weighted by Gasteiger charge is -2.34. The summed E-state index contributed by atoms with van der Waals surface area (Å²) in [6.45, 7) is 7.19. The number of ether oxygens (including phenoxy) is 1. The minimum Gasteiger partial charge on any atom is -0.444 e. The lowest BCUT2D eigenvalue weighted by atomic mass is 9.97. The lowest BCUT2D eigenvalue weighted by molar-refractivity contribution is -0.144. The molecule has 2 saturated heterocycles. The van der Waals surface area contributed by atoms with Crippen LogP contribution in [0.15, 0.2) is 30.3 Å².